The van der Waals surface area contributed by atoms with E-state index in [-0.39, 0.29) is 35.2 Å². The second-order valence-electron chi connectivity index (χ2n) is 19.7. The molecule has 0 spiro atoms. The van der Waals surface area contributed by atoms with E-state index in [1.165, 1.54) is 12.2 Å². The van der Waals surface area contributed by atoms with Crippen LogP contribution in [0.15, 0.2) is 85.5 Å². The summed E-state index contributed by atoms with van der Waals surface area (Å²) in [6, 6.07) is 19.1. The number of allylic oxidation sites excluding steroid dienone is 1. The maximum Gasteiger partial charge on any atom is 0.331 e. The van der Waals surface area contributed by atoms with Gasteiger partial charge in [-0.15, -0.1) is 6.58 Å². The van der Waals surface area contributed by atoms with Crippen molar-refractivity contribution >= 4 is 24.1 Å². The molecule has 4 fully saturated rings. The van der Waals surface area contributed by atoms with Crippen LogP contribution in [0.3, 0.4) is 0 Å². The quantitative estimate of drug-likeness (QED) is 0.102. The fourth-order valence-corrected chi connectivity index (χ4v) is 12.8. The summed E-state index contributed by atoms with van der Waals surface area (Å²) in [4.78, 5) is 26.2. The maximum absolute atomic E-state index is 13.2. The molecule has 12 atom stereocenters. The van der Waals surface area contributed by atoms with Gasteiger partial charge in [-0.1, -0.05) is 108 Å². The number of rotatable bonds is 11. The van der Waals surface area contributed by atoms with Crippen LogP contribution in [0.4, 0.5) is 0 Å². The molecule has 0 heterocycles. The highest BCUT2D eigenvalue weighted by Gasteiger charge is 2.70. The Morgan fingerprint density at radius 2 is 1.39 bits per heavy atom. The zero-order chi connectivity index (χ0) is 41.4. The van der Waals surface area contributed by atoms with E-state index in [2.05, 4.69) is 34.3 Å². The molecule has 2 aromatic rings. The van der Waals surface area contributed by atoms with Gasteiger partial charge in [0.25, 0.3) is 0 Å². The summed E-state index contributed by atoms with van der Waals surface area (Å²) in [5.74, 6) is -1.06. The van der Waals surface area contributed by atoms with Crippen LogP contribution in [-0.2, 0) is 19.1 Å². The predicted octanol–water partition coefficient (Wildman–Crippen LogP) is 8.19. The molecule has 0 aromatic heterocycles. The molecule has 0 bridgehead atoms. The lowest BCUT2D eigenvalue weighted by Crippen LogP contribution is -2.70. The van der Waals surface area contributed by atoms with Crippen molar-refractivity contribution in [3.8, 4) is 0 Å². The molecule has 6 rings (SSSR count). The molecule has 0 aliphatic heterocycles. The molecule has 2 aromatic carbocycles. The second kappa shape index (κ2) is 16.2. The standard InChI is InChI=1S/C49H66O8/c1-8-15-37-46(5)26-25-38(51)47(6,32-56-40(53)22-20-33-16-11-9-12-17-33)36(46)24-27-48(37,7)45(4)29-35-28-44(2,3)43(42(55)49(35,31-50)39(52)30-45)57-41(54)23-21-34-18-13-10-14-19-34/h8-14,16-23,35-39,42-43,50-52,55H,1,15,24-32H2,2-7H3/b22-20+,23-21+/t35?,36?,37?,38-,39+,42-,43-,45-,46-,47+,48+,49-/m0/s1. The van der Waals surface area contributed by atoms with E-state index in [1.54, 1.807) is 12.2 Å². The first kappa shape index (κ1) is 43.0. The first-order valence-electron chi connectivity index (χ1n) is 21.0. The van der Waals surface area contributed by atoms with Crippen LogP contribution in [0.1, 0.15) is 104 Å². The Morgan fingerprint density at radius 3 is 1.96 bits per heavy atom. The van der Waals surface area contributed by atoms with Gasteiger partial charge in [-0.25, -0.2) is 9.59 Å². The van der Waals surface area contributed by atoms with Crippen molar-refractivity contribution in [1.82, 2.24) is 0 Å². The topological polar surface area (TPSA) is 134 Å². The average Bonchev–Trinajstić information content (AvgIpc) is 3.18. The molecule has 57 heavy (non-hydrogen) atoms. The molecule has 0 saturated heterocycles. The largest absolute Gasteiger partial charge is 0.462 e. The van der Waals surface area contributed by atoms with Crippen LogP contribution in [0.5, 0.6) is 0 Å². The van der Waals surface area contributed by atoms with Gasteiger partial charge in [0.15, 0.2) is 0 Å². The maximum atomic E-state index is 13.2. The summed E-state index contributed by atoms with van der Waals surface area (Å²) in [5.41, 5.74) is -1.73. The normalized spacial score (nSPS) is 40.2. The Morgan fingerprint density at radius 1 is 0.789 bits per heavy atom. The molecule has 3 unspecified atom stereocenters. The van der Waals surface area contributed by atoms with E-state index in [9.17, 15) is 30.0 Å². The van der Waals surface area contributed by atoms with Crippen molar-refractivity contribution < 1.29 is 39.5 Å². The average molecular weight is 783 g/mol. The third-order valence-corrected chi connectivity index (χ3v) is 16.2. The molecule has 4 aliphatic carbocycles. The van der Waals surface area contributed by atoms with Gasteiger partial charge < -0.3 is 29.9 Å². The number of aliphatic hydroxyl groups excluding tert-OH is 4. The number of ether oxygens (including phenoxy) is 2. The van der Waals surface area contributed by atoms with Crippen LogP contribution in [0, 0.1) is 50.2 Å². The van der Waals surface area contributed by atoms with Gasteiger partial charge in [0.05, 0.1) is 30.8 Å². The number of hydrogen-bond acceptors (Lipinski definition) is 8. The molecular weight excluding hydrogens is 717 g/mol. The smallest absolute Gasteiger partial charge is 0.331 e. The zero-order valence-corrected chi connectivity index (χ0v) is 34.9. The van der Waals surface area contributed by atoms with E-state index in [4.69, 9.17) is 9.47 Å². The molecular formula is C49H66O8. The van der Waals surface area contributed by atoms with Crippen LogP contribution < -0.4 is 0 Å². The van der Waals surface area contributed by atoms with E-state index in [0.29, 0.717) is 25.7 Å². The van der Waals surface area contributed by atoms with Crippen LogP contribution in [0.2, 0.25) is 0 Å². The van der Waals surface area contributed by atoms with Crippen molar-refractivity contribution in [3.63, 3.8) is 0 Å². The monoisotopic (exact) mass is 782 g/mol. The van der Waals surface area contributed by atoms with Crippen LogP contribution in [-0.4, -0.2) is 70.0 Å². The number of hydrogen-bond donors (Lipinski definition) is 4. The highest BCUT2D eigenvalue weighted by atomic mass is 16.6. The molecule has 0 radical (unpaired) electrons. The van der Waals surface area contributed by atoms with Gasteiger partial charge in [-0.2, -0.15) is 0 Å². The first-order valence-corrected chi connectivity index (χ1v) is 21.0. The minimum atomic E-state index is -1.28. The van der Waals surface area contributed by atoms with Gasteiger partial charge in [0.1, 0.15) is 12.2 Å². The lowest BCUT2D eigenvalue weighted by atomic mass is 9.35. The second-order valence-corrected chi connectivity index (χ2v) is 19.7. The lowest BCUT2D eigenvalue weighted by Gasteiger charge is -2.70. The van der Waals surface area contributed by atoms with E-state index in [0.717, 1.165) is 36.8 Å². The van der Waals surface area contributed by atoms with Crippen molar-refractivity contribution in [2.45, 2.75) is 117 Å². The molecule has 4 aliphatic rings. The number of carbonyl (C=O) groups is 2. The lowest BCUT2D eigenvalue weighted by molar-refractivity contribution is -0.277. The Bertz CT molecular complexity index is 1810. The van der Waals surface area contributed by atoms with Gasteiger partial charge >= 0.3 is 11.9 Å². The van der Waals surface area contributed by atoms with Crippen LogP contribution in [0.25, 0.3) is 12.2 Å². The SMILES string of the molecule is C=CCC1[C@@]2(C)CC[C@H](O)[C@](C)(COC(=O)/C=C/c3ccccc3)C2CC[C@@]1(C)[C@@]1(C)CC2CC(C)(C)[C@@H](OC(=O)/C=C/c3ccccc3)[C@H](O)[C@]2(CO)[C@H](O)C1. The minimum absolute atomic E-state index is 0.0631. The highest BCUT2D eigenvalue weighted by molar-refractivity contribution is 5.87. The summed E-state index contributed by atoms with van der Waals surface area (Å²) in [5, 5.41) is 47.4. The van der Waals surface area contributed by atoms with Gasteiger partial charge in [-0.3, -0.25) is 0 Å². The summed E-state index contributed by atoms with van der Waals surface area (Å²) < 4.78 is 11.9. The number of aliphatic hydroxyl groups is 4. The molecule has 4 N–H and O–H groups in total. The predicted molar refractivity (Wildman–Crippen MR) is 223 cm³/mol. The Balaban J connectivity index is 1.25. The zero-order valence-electron chi connectivity index (χ0n) is 34.9. The highest BCUT2D eigenvalue weighted by Crippen LogP contribution is 2.73. The van der Waals surface area contributed by atoms with Crippen molar-refractivity contribution in [3.05, 3.63) is 96.6 Å². The summed E-state index contributed by atoms with van der Waals surface area (Å²) in [7, 11) is 0. The third-order valence-electron chi connectivity index (χ3n) is 16.2. The van der Waals surface area contributed by atoms with Crippen molar-refractivity contribution in [2.75, 3.05) is 13.2 Å². The van der Waals surface area contributed by atoms with E-state index < -0.39 is 64.6 Å². The Hall–Kier alpha value is -3.56. The van der Waals surface area contributed by atoms with E-state index in [1.807, 2.05) is 80.6 Å². The molecule has 4 saturated carbocycles. The number of esters is 2. The number of carbonyl (C=O) groups excluding carboxylic acids is 2. The summed E-state index contributed by atoms with van der Waals surface area (Å²) in [6.45, 7) is 17.0. The summed E-state index contributed by atoms with van der Waals surface area (Å²) >= 11 is 0. The van der Waals surface area contributed by atoms with E-state index >= 15 is 0 Å². The minimum Gasteiger partial charge on any atom is -0.462 e. The fraction of sp³-hybridized carbons (Fsp3) is 0.592. The number of benzene rings is 2. The third kappa shape index (κ3) is 7.61. The van der Waals surface area contributed by atoms with Gasteiger partial charge in [0, 0.05) is 23.0 Å². The van der Waals surface area contributed by atoms with Crippen LogP contribution >= 0.6 is 0 Å². The number of fused-ring (bicyclic) bond motifs is 2. The molecule has 310 valence electrons. The van der Waals surface area contributed by atoms with Crippen molar-refractivity contribution in [2.24, 2.45) is 50.2 Å². The molecule has 8 nitrogen and oxygen atoms in total. The van der Waals surface area contributed by atoms with Crippen molar-refractivity contribution in [1.29, 1.82) is 0 Å². The van der Waals surface area contributed by atoms with Gasteiger partial charge in [0.2, 0.25) is 0 Å². The Kier molecular flexibility index (Phi) is 12.3. The Labute approximate surface area is 340 Å². The summed E-state index contributed by atoms with van der Waals surface area (Å²) in [6.07, 6.45) is 9.74. The molecule has 8 heteroatoms. The molecule has 0 amide bonds. The fourth-order valence-electron chi connectivity index (χ4n) is 12.8. The first-order chi connectivity index (χ1) is 26.9. The van der Waals surface area contributed by atoms with Gasteiger partial charge in [-0.05, 0) is 109 Å².